The van der Waals surface area contributed by atoms with Gasteiger partial charge in [0.05, 0.1) is 11.6 Å². The monoisotopic (exact) mass is 272 g/mol. The third kappa shape index (κ3) is 3.72. The molecule has 1 saturated heterocycles. The fourth-order valence-electron chi connectivity index (χ4n) is 2.54. The molecular formula is C15H20N4O. The zero-order chi connectivity index (χ0) is 14.4. The van der Waals surface area contributed by atoms with E-state index in [1.807, 2.05) is 11.9 Å². The third-order valence-corrected chi connectivity index (χ3v) is 3.56. The molecule has 2 rings (SSSR count). The van der Waals surface area contributed by atoms with Crippen LogP contribution in [0.1, 0.15) is 18.4 Å². The predicted molar refractivity (Wildman–Crippen MR) is 78.4 cm³/mol. The van der Waals surface area contributed by atoms with Crippen molar-refractivity contribution in [2.45, 2.75) is 12.8 Å². The maximum absolute atomic E-state index is 12.2. The highest BCUT2D eigenvalue weighted by Crippen LogP contribution is 2.17. The largest absolute Gasteiger partial charge is 0.324 e. The Kier molecular flexibility index (Phi) is 4.97. The zero-order valence-electron chi connectivity index (χ0n) is 11.7. The highest BCUT2D eigenvalue weighted by molar-refractivity contribution is 5.89. The van der Waals surface area contributed by atoms with E-state index >= 15 is 0 Å². The summed E-state index contributed by atoms with van der Waals surface area (Å²) < 4.78 is 0. The van der Waals surface area contributed by atoms with Crippen LogP contribution in [0.2, 0.25) is 0 Å². The van der Waals surface area contributed by atoms with Gasteiger partial charge in [0.15, 0.2) is 0 Å². The van der Waals surface area contributed by atoms with Crippen LogP contribution in [0.4, 0.5) is 10.5 Å². The van der Waals surface area contributed by atoms with E-state index in [1.54, 1.807) is 24.3 Å². The Morgan fingerprint density at radius 1 is 1.45 bits per heavy atom. The van der Waals surface area contributed by atoms with E-state index in [-0.39, 0.29) is 6.03 Å². The number of carbonyl (C=O) groups excluding carboxylic acids is 1. The number of hydrogen-bond acceptors (Lipinski definition) is 3. The van der Waals surface area contributed by atoms with Crippen LogP contribution < -0.4 is 10.6 Å². The number of hydrogen-bond donors (Lipinski definition) is 2. The first-order chi connectivity index (χ1) is 9.72. The molecule has 0 saturated carbocycles. The number of benzene rings is 1. The van der Waals surface area contributed by atoms with Crippen LogP contribution in [0, 0.1) is 17.2 Å². The summed E-state index contributed by atoms with van der Waals surface area (Å²) in [7, 11) is 1.94. The van der Waals surface area contributed by atoms with Gasteiger partial charge in [0.25, 0.3) is 0 Å². The lowest BCUT2D eigenvalue weighted by Gasteiger charge is -2.32. The van der Waals surface area contributed by atoms with E-state index in [0.29, 0.717) is 11.5 Å². The molecule has 1 aliphatic heterocycles. The van der Waals surface area contributed by atoms with Crippen LogP contribution in [0.3, 0.4) is 0 Å². The number of likely N-dealkylation sites (tertiary alicyclic amines) is 1. The van der Waals surface area contributed by atoms with Crippen LogP contribution in [0.25, 0.3) is 0 Å². The van der Waals surface area contributed by atoms with Gasteiger partial charge in [0.1, 0.15) is 0 Å². The van der Waals surface area contributed by atoms with Crippen LogP contribution in [-0.2, 0) is 0 Å². The van der Waals surface area contributed by atoms with Crippen LogP contribution in [0.15, 0.2) is 24.3 Å². The van der Waals surface area contributed by atoms with Crippen molar-refractivity contribution < 1.29 is 4.79 Å². The van der Waals surface area contributed by atoms with Gasteiger partial charge in [0, 0.05) is 18.8 Å². The Labute approximate surface area is 119 Å². The summed E-state index contributed by atoms with van der Waals surface area (Å²) in [5.41, 5.74) is 1.32. The molecule has 1 unspecified atom stereocenters. The number of amides is 2. The number of nitrogens with zero attached hydrogens (tertiary/aromatic N) is 2. The Morgan fingerprint density at radius 2 is 2.20 bits per heavy atom. The van der Waals surface area contributed by atoms with E-state index in [1.165, 1.54) is 6.42 Å². The van der Waals surface area contributed by atoms with Crippen molar-refractivity contribution in [3.8, 4) is 6.07 Å². The van der Waals surface area contributed by atoms with Crippen molar-refractivity contribution in [3.05, 3.63) is 29.8 Å². The summed E-state index contributed by atoms with van der Waals surface area (Å²) in [5, 5.41) is 14.8. The van der Waals surface area contributed by atoms with E-state index in [9.17, 15) is 4.79 Å². The summed E-state index contributed by atoms with van der Waals surface area (Å²) in [6.45, 7) is 2.55. The van der Waals surface area contributed by atoms with Crippen molar-refractivity contribution in [2.75, 3.05) is 32.0 Å². The Bertz CT molecular complexity index is 490. The number of rotatable bonds is 3. The molecule has 2 amide bonds. The van der Waals surface area contributed by atoms with Crippen molar-refractivity contribution in [1.82, 2.24) is 10.2 Å². The van der Waals surface area contributed by atoms with Gasteiger partial charge < -0.3 is 15.5 Å². The highest BCUT2D eigenvalue weighted by atomic mass is 16.2. The average molecular weight is 272 g/mol. The van der Waals surface area contributed by atoms with Crippen LogP contribution in [0.5, 0.6) is 0 Å². The second kappa shape index (κ2) is 6.92. The van der Waals surface area contributed by atoms with E-state index in [2.05, 4.69) is 16.7 Å². The molecule has 0 aromatic heterocycles. The predicted octanol–water partition coefficient (Wildman–Crippen LogP) is 2.02. The molecule has 1 fully saturated rings. The van der Waals surface area contributed by atoms with Crippen LogP contribution in [-0.4, -0.2) is 37.6 Å². The van der Waals surface area contributed by atoms with Crippen molar-refractivity contribution in [1.29, 1.82) is 5.26 Å². The number of nitrogens with one attached hydrogen (secondary N) is 2. The topological polar surface area (TPSA) is 68.2 Å². The second-order valence-electron chi connectivity index (χ2n) is 5.13. The average Bonchev–Trinajstić information content (AvgIpc) is 2.48. The molecule has 1 aromatic rings. The molecule has 5 heteroatoms. The first-order valence-corrected chi connectivity index (χ1v) is 6.93. The van der Waals surface area contributed by atoms with Gasteiger partial charge >= 0.3 is 6.03 Å². The molecule has 0 radical (unpaired) electrons. The molecule has 0 aliphatic carbocycles. The Hall–Kier alpha value is -2.06. The number of piperidine rings is 1. The standard InChI is InChI=1S/C15H20N4O/c1-17-10-13-3-2-8-19(11-13)15(20)18-14-6-4-12(9-16)5-7-14/h4-7,13,17H,2-3,8,10-11H2,1H3,(H,18,20). The van der Waals surface area contributed by atoms with Gasteiger partial charge in [0.2, 0.25) is 0 Å². The number of carbonyl (C=O) groups is 1. The van der Waals surface area contributed by atoms with E-state index < -0.39 is 0 Å². The van der Waals surface area contributed by atoms with Crippen molar-refractivity contribution in [2.24, 2.45) is 5.92 Å². The maximum Gasteiger partial charge on any atom is 0.321 e. The summed E-state index contributed by atoms with van der Waals surface area (Å²) >= 11 is 0. The Morgan fingerprint density at radius 3 is 2.85 bits per heavy atom. The highest BCUT2D eigenvalue weighted by Gasteiger charge is 2.23. The molecule has 106 valence electrons. The molecule has 5 nitrogen and oxygen atoms in total. The summed E-state index contributed by atoms with van der Waals surface area (Å²) in [5.74, 6) is 0.528. The molecule has 1 aliphatic rings. The lowest BCUT2D eigenvalue weighted by Crippen LogP contribution is -2.44. The fourth-order valence-corrected chi connectivity index (χ4v) is 2.54. The second-order valence-corrected chi connectivity index (χ2v) is 5.13. The number of urea groups is 1. The maximum atomic E-state index is 12.2. The molecular weight excluding hydrogens is 252 g/mol. The minimum absolute atomic E-state index is 0.0597. The molecule has 1 heterocycles. The number of nitriles is 1. The van der Waals surface area contributed by atoms with Crippen molar-refractivity contribution in [3.63, 3.8) is 0 Å². The summed E-state index contributed by atoms with van der Waals surface area (Å²) in [4.78, 5) is 14.1. The van der Waals surface area contributed by atoms with Gasteiger partial charge in [-0.05, 0) is 56.6 Å². The van der Waals surface area contributed by atoms with Gasteiger partial charge in [-0.2, -0.15) is 5.26 Å². The quantitative estimate of drug-likeness (QED) is 0.884. The molecule has 2 N–H and O–H groups in total. The van der Waals surface area contributed by atoms with Gasteiger partial charge in [-0.15, -0.1) is 0 Å². The van der Waals surface area contributed by atoms with E-state index in [0.717, 1.165) is 31.7 Å². The first-order valence-electron chi connectivity index (χ1n) is 6.93. The molecule has 0 bridgehead atoms. The fraction of sp³-hybridized carbons (Fsp3) is 0.467. The lowest BCUT2D eigenvalue weighted by atomic mass is 9.98. The summed E-state index contributed by atoms with van der Waals surface area (Å²) in [6.07, 6.45) is 2.22. The lowest BCUT2D eigenvalue weighted by molar-refractivity contribution is 0.177. The minimum atomic E-state index is -0.0597. The third-order valence-electron chi connectivity index (χ3n) is 3.56. The van der Waals surface area contributed by atoms with Gasteiger partial charge in [-0.1, -0.05) is 0 Å². The first kappa shape index (κ1) is 14.4. The van der Waals surface area contributed by atoms with Crippen molar-refractivity contribution >= 4 is 11.7 Å². The normalized spacial score (nSPS) is 18.4. The van der Waals surface area contributed by atoms with Gasteiger partial charge in [-0.25, -0.2) is 4.79 Å². The molecule has 1 aromatic carbocycles. The zero-order valence-corrected chi connectivity index (χ0v) is 11.7. The molecule has 0 spiro atoms. The smallest absolute Gasteiger partial charge is 0.321 e. The van der Waals surface area contributed by atoms with E-state index in [4.69, 9.17) is 5.26 Å². The molecule has 20 heavy (non-hydrogen) atoms. The Balaban J connectivity index is 1.92. The number of anilines is 1. The van der Waals surface area contributed by atoms with Crippen LogP contribution >= 0.6 is 0 Å². The van der Waals surface area contributed by atoms with Gasteiger partial charge in [-0.3, -0.25) is 0 Å². The summed E-state index contributed by atoms with van der Waals surface area (Å²) in [6, 6.07) is 8.92. The molecule has 1 atom stereocenters. The minimum Gasteiger partial charge on any atom is -0.324 e. The SMILES string of the molecule is CNCC1CCCN(C(=O)Nc2ccc(C#N)cc2)C1.